The molecule has 1 aliphatic rings. The molecule has 150 valence electrons. The maximum atomic E-state index is 12.9. The molecule has 2 heterocycles. The fourth-order valence-corrected chi connectivity index (χ4v) is 4.19. The fraction of sp³-hybridized carbons (Fsp3) is 0.238. The Bertz CT molecular complexity index is 1180. The lowest BCUT2D eigenvalue weighted by Crippen LogP contribution is -2.42. The van der Waals surface area contributed by atoms with E-state index in [1.807, 2.05) is 53.4 Å². The van der Waals surface area contributed by atoms with Crippen LogP contribution in [0.2, 0.25) is 0 Å². The lowest BCUT2D eigenvalue weighted by molar-refractivity contribution is 0.324. The summed E-state index contributed by atoms with van der Waals surface area (Å²) in [6, 6.07) is 13.5. The van der Waals surface area contributed by atoms with Crippen LogP contribution in [-0.4, -0.2) is 32.6 Å². The molecule has 1 aromatic heterocycles. The zero-order chi connectivity index (χ0) is 20.4. The van der Waals surface area contributed by atoms with Crippen LogP contribution >= 0.6 is 11.3 Å². The van der Waals surface area contributed by atoms with Crippen LogP contribution in [0.3, 0.4) is 0 Å². The molecular weight excluding hydrogens is 390 g/mol. The number of nitrogens with zero attached hydrogens (tertiary/aromatic N) is 3. The second kappa shape index (κ2) is 8.00. The minimum absolute atomic E-state index is 0.0465. The van der Waals surface area contributed by atoms with Gasteiger partial charge in [-0.25, -0.2) is 4.99 Å². The molecule has 0 aliphatic carbocycles. The highest BCUT2D eigenvalue weighted by atomic mass is 32.1. The van der Waals surface area contributed by atoms with Crippen molar-refractivity contribution in [2.45, 2.75) is 6.67 Å². The van der Waals surface area contributed by atoms with Gasteiger partial charge < -0.3 is 19.1 Å². The van der Waals surface area contributed by atoms with E-state index in [1.54, 1.807) is 25.9 Å². The number of aromatic nitrogens is 1. The summed E-state index contributed by atoms with van der Waals surface area (Å²) in [6.07, 6.45) is 1.90. The standard InChI is InChI=1S/C21H21N3O4S/c1-26-16-10-15(11-17(27-2)19(16)28-3)23-12-22-21-24(13-23)20(25)18(29-21)9-14-7-5-4-6-8-14/h4-11H,12-13H2,1-3H3/b18-9-. The predicted octanol–water partition coefficient (Wildman–Crippen LogP) is 1.82. The van der Waals surface area contributed by atoms with E-state index in [2.05, 4.69) is 4.99 Å². The Labute approximate surface area is 171 Å². The molecule has 8 heteroatoms. The normalized spacial score (nSPS) is 13.6. The van der Waals surface area contributed by atoms with E-state index >= 15 is 0 Å². The van der Waals surface area contributed by atoms with Crippen LogP contribution in [0.5, 0.6) is 17.2 Å². The molecule has 0 unspecified atom stereocenters. The molecule has 7 nitrogen and oxygen atoms in total. The highest BCUT2D eigenvalue weighted by molar-refractivity contribution is 7.07. The second-order valence-corrected chi connectivity index (χ2v) is 7.41. The molecule has 0 saturated heterocycles. The number of rotatable bonds is 5. The summed E-state index contributed by atoms with van der Waals surface area (Å²) in [7, 11) is 4.72. The number of thiazole rings is 1. The number of ether oxygens (including phenoxy) is 3. The van der Waals surface area contributed by atoms with Gasteiger partial charge in [-0.3, -0.25) is 9.36 Å². The average Bonchev–Trinajstić information content (AvgIpc) is 3.08. The first-order valence-electron chi connectivity index (χ1n) is 9.00. The Balaban J connectivity index is 1.72. The van der Waals surface area contributed by atoms with Crippen molar-refractivity contribution in [2.24, 2.45) is 4.99 Å². The Morgan fingerprint density at radius 1 is 1.03 bits per heavy atom. The zero-order valence-electron chi connectivity index (χ0n) is 16.4. The molecule has 29 heavy (non-hydrogen) atoms. The number of hydrogen-bond acceptors (Lipinski definition) is 7. The smallest absolute Gasteiger partial charge is 0.271 e. The monoisotopic (exact) mass is 411 g/mol. The van der Waals surface area contributed by atoms with Gasteiger partial charge in [-0.05, 0) is 11.6 Å². The SMILES string of the molecule is COc1cc(N2CN=c3s/c(=C\c4ccccc4)c(=O)n3C2)cc(OC)c1OC. The van der Waals surface area contributed by atoms with Gasteiger partial charge in [-0.2, -0.15) is 0 Å². The molecule has 0 saturated carbocycles. The maximum absolute atomic E-state index is 12.9. The molecule has 0 radical (unpaired) electrons. The lowest BCUT2D eigenvalue weighted by atomic mass is 10.2. The Morgan fingerprint density at radius 2 is 1.72 bits per heavy atom. The Morgan fingerprint density at radius 3 is 2.34 bits per heavy atom. The van der Waals surface area contributed by atoms with Gasteiger partial charge in [0, 0.05) is 17.8 Å². The largest absolute Gasteiger partial charge is 0.493 e. The third-order valence-corrected chi connectivity index (χ3v) is 5.73. The second-order valence-electron chi connectivity index (χ2n) is 6.40. The molecule has 0 atom stereocenters. The van der Waals surface area contributed by atoms with Crippen molar-refractivity contribution in [3.63, 3.8) is 0 Å². The van der Waals surface area contributed by atoms with Crippen molar-refractivity contribution in [2.75, 3.05) is 32.9 Å². The number of benzene rings is 2. The summed E-state index contributed by atoms with van der Waals surface area (Å²) in [5, 5.41) is 0. The first kappa shape index (κ1) is 19.1. The van der Waals surface area contributed by atoms with E-state index in [-0.39, 0.29) is 5.56 Å². The number of fused-ring (bicyclic) bond motifs is 1. The molecule has 2 aromatic carbocycles. The number of hydrogen-bond donors (Lipinski definition) is 0. The minimum Gasteiger partial charge on any atom is -0.493 e. The summed E-state index contributed by atoms with van der Waals surface area (Å²) < 4.78 is 18.6. The van der Waals surface area contributed by atoms with Gasteiger partial charge in [-0.1, -0.05) is 41.7 Å². The van der Waals surface area contributed by atoms with Crippen LogP contribution < -0.4 is 34.0 Å². The molecule has 0 fully saturated rings. The topological polar surface area (TPSA) is 65.3 Å². The number of methoxy groups -OCH3 is 3. The third kappa shape index (κ3) is 3.58. The molecule has 0 N–H and O–H groups in total. The van der Waals surface area contributed by atoms with Crippen molar-refractivity contribution in [3.05, 3.63) is 67.7 Å². The van der Waals surface area contributed by atoms with Gasteiger partial charge >= 0.3 is 0 Å². The van der Waals surface area contributed by atoms with Gasteiger partial charge in [0.25, 0.3) is 5.56 Å². The van der Waals surface area contributed by atoms with Crippen LogP contribution in [0.15, 0.2) is 52.3 Å². The summed E-state index contributed by atoms with van der Waals surface area (Å²) in [6.45, 7) is 0.832. The molecule has 0 bridgehead atoms. The van der Waals surface area contributed by atoms with Gasteiger partial charge in [0.05, 0.1) is 25.9 Å². The van der Waals surface area contributed by atoms with Crippen molar-refractivity contribution >= 4 is 23.1 Å². The van der Waals surface area contributed by atoms with E-state index in [1.165, 1.54) is 11.3 Å². The molecule has 4 rings (SSSR count). The summed E-state index contributed by atoms with van der Waals surface area (Å²) in [4.78, 5) is 20.2. The van der Waals surface area contributed by atoms with Crippen molar-refractivity contribution in [3.8, 4) is 17.2 Å². The first-order valence-corrected chi connectivity index (χ1v) is 9.82. The van der Waals surface area contributed by atoms with Crippen molar-refractivity contribution < 1.29 is 14.2 Å². The zero-order valence-corrected chi connectivity index (χ0v) is 17.2. The van der Waals surface area contributed by atoms with Crippen LogP contribution in [0.1, 0.15) is 5.56 Å². The predicted molar refractivity (Wildman–Crippen MR) is 113 cm³/mol. The molecular formula is C21H21N3O4S. The molecule has 3 aromatic rings. The third-order valence-electron chi connectivity index (χ3n) is 4.69. The molecule has 0 spiro atoms. The number of anilines is 1. The van der Waals surface area contributed by atoms with E-state index in [0.29, 0.717) is 35.1 Å². The highest BCUT2D eigenvalue weighted by Gasteiger charge is 2.20. The van der Waals surface area contributed by atoms with Crippen molar-refractivity contribution in [1.29, 1.82) is 0 Å². The van der Waals surface area contributed by atoms with Gasteiger partial charge in [-0.15, -0.1) is 0 Å². The quantitative estimate of drug-likeness (QED) is 0.641. The van der Waals surface area contributed by atoms with E-state index in [9.17, 15) is 4.79 Å². The average molecular weight is 411 g/mol. The van der Waals surface area contributed by atoms with Gasteiger partial charge in [0.2, 0.25) is 5.75 Å². The lowest BCUT2D eigenvalue weighted by Gasteiger charge is -2.27. The van der Waals surface area contributed by atoms with Crippen LogP contribution in [-0.2, 0) is 6.67 Å². The summed E-state index contributed by atoms with van der Waals surface area (Å²) in [5.41, 5.74) is 1.78. The summed E-state index contributed by atoms with van der Waals surface area (Å²) in [5.74, 6) is 1.65. The van der Waals surface area contributed by atoms with Gasteiger partial charge in [0.15, 0.2) is 16.3 Å². The molecule has 0 amide bonds. The van der Waals surface area contributed by atoms with Gasteiger partial charge in [0.1, 0.15) is 13.3 Å². The van der Waals surface area contributed by atoms with Crippen molar-refractivity contribution in [1.82, 2.24) is 4.57 Å². The van der Waals surface area contributed by atoms with Crippen LogP contribution in [0.25, 0.3) is 6.08 Å². The Kier molecular flexibility index (Phi) is 5.26. The minimum atomic E-state index is -0.0465. The van der Waals surface area contributed by atoms with Crippen LogP contribution in [0, 0.1) is 0 Å². The first-order chi connectivity index (χ1) is 14.1. The van der Waals surface area contributed by atoms with Crippen LogP contribution in [0.4, 0.5) is 5.69 Å². The summed E-state index contributed by atoms with van der Waals surface area (Å²) >= 11 is 1.41. The highest BCUT2D eigenvalue weighted by Crippen LogP contribution is 2.41. The fourth-order valence-electron chi connectivity index (χ4n) is 3.23. The van der Waals surface area contributed by atoms with E-state index < -0.39 is 0 Å². The Hall–Kier alpha value is -3.26. The van der Waals surface area contributed by atoms with E-state index in [0.717, 1.165) is 16.1 Å². The van der Waals surface area contributed by atoms with E-state index in [4.69, 9.17) is 14.2 Å². The molecule has 1 aliphatic heterocycles. The maximum Gasteiger partial charge on any atom is 0.271 e.